The summed E-state index contributed by atoms with van der Waals surface area (Å²) in [5.74, 6) is 1.32. The van der Waals surface area contributed by atoms with Gasteiger partial charge in [-0.25, -0.2) is 0 Å². The lowest BCUT2D eigenvalue weighted by Gasteiger charge is -2.07. The normalized spacial score (nSPS) is 13.2. The maximum absolute atomic E-state index is 10.5. The van der Waals surface area contributed by atoms with E-state index in [4.69, 9.17) is 4.74 Å². The van der Waals surface area contributed by atoms with Crippen LogP contribution < -0.4 is 4.74 Å². The van der Waals surface area contributed by atoms with Gasteiger partial charge in [0.1, 0.15) is 11.5 Å². The van der Waals surface area contributed by atoms with Crippen LogP contribution in [-0.2, 0) is 17.6 Å². The van der Waals surface area contributed by atoms with Crippen molar-refractivity contribution in [2.24, 2.45) is 0 Å². The molecule has 0 N–H and O–H groups in total. The Morgan fingerprint density at radius 1 is 1.24 bits per heavy atom. The lowest BCUT2D eigenvalue weighted by Crippen LogP contribution is -1.92. The van der Waals surface area contributed by atoms with E-state index in [1.165, 1.54) is 43.2 Å². The zero-order chi connectivity index (χ0) is 15.5. The van der Waals surface area contributed by atoms with E-state index in [2.05, 4.69) is 24.8 Å². The van der Waals surface area contributed by atoms with Crippen LogP contribution in [0.15, 0.2) is 30.9 Å². The largest absolute Gasteiger partial charge is 0.497 e. The van der Waals surface area contributed by atoms with Crippen molar-refractivity contribution < 1.29 is 9.53 Å². The molecule has 0 saturated heterocycles. The van der Waals surface area contributed by atoms with Crippen molar-refractivity contribution in [3.63, 3.8) is 0 Å². The zero-order valence-electron chi connectivity index (χ0n) is 13.5. The molecule has 1 aliphatic rings. The number of fused-ring (bicyclic) bond motifs is 1. The molecule has 0 bridgehead atoms. The molecule has 2 heteroatoms. The molecule has 1 aliphatic carbocycles. The van der Waals surface area contributed by atoms with Crippen LogP contribution in [0.2, 0.25) is 0 Å². The highest BCUT2D eigenvalue weighted by molar-refractivity contribution is 5.78. The van der Waals surface area contributed by atoms with Crippen molar-refractivity contribution in [1.82, 2.24) is 0 Å². The zero-order valence-corrected chi connectivity index (χ0v) is 13.5. The molecule has 0 saturated carbocycles. The second kappa shape index (κ2) is 10.2. The van der Waals surface area contributed by atoms with Crippen molar-refractivity contribution in [3.05, 3.63) is 42.0 Å². The molecular formula is C19H28O2. The molecule has 0 radical (unpaired) electrons. The van der Waals surface area contributed by atoms with Gasteiger partial charge in [0.2, 0.25) is 0 Å². The average Bonchev–Trinajstić information content (AvgIpc) is 2.77. The third-order valence-corrected chi connectivity index (χ3v) is 3.83. The van der Waals surface area contributed by atoms with E-state index in [1.807, 2.05) is 6.92 Å². The Morgan fingerprint density at radius 2 is 1.95 bits per heavy atom. The maximum Gasteiger partial charge on any atom is 0.132 e. The van der Waals surface area contributed by atoms with E-state index >= 15 is 0 Å². The van der Waals surface area contributed by atoms with Gasteiger partial charge in [-0.1, -0.05) is 25.5 Å². The molecule has 0 aliphatic heterocycles. The number of carbonyl (C=O) groups is 1. The van der Waals surface area contributed by atoms with Crippen LogP contribution in [0.25, 0.3) is 0 Å². The second-order valence-corrected chi connectivity index (χ2v) is 5.41. The molecule has 0 amide bonds. The van der Waals surface area contributed by atoms with Gasteiger partial charge in [-0.05, 0) is 55.4 Å². The first-order valence-electron chi connectivity index (χ1n) is 7.99. The number of aryl methyl sites for hydroxylation is 2. The van der Waals surface area contributed by atoms with Crippen LogP contribution in [0.1, 0.15) is 56.6 Å². The third kappa shape index (κ3) is 6.61. The Bertz CT molecular complexity index is 449. The van der Waals surface area contributed by atoms with E-state index in [1.54, 1.807) is 13.2 Å². The van der Waals surface area contributed by atoms with Crippen LogP contribution in [0.4, 0.5) is 0 Å². The molecule has 2 nitrogen and oxygen atoms in total. The standard InChI is InChI=1S/C12H16O.C7H12O/c1-13-12-8-7-10-5-3-2-4-6-11(10)9-12;1-3-5-6-7(8)4-2/h7-9H,2-6H2,1H3;3H,1,4-6H2,2H3. The van der Waals surface area contributed by atoms with Crippen LogP contribution in [0.5, 0.6) is 5.75 Å². The van der Waals surface area contributed by atoms with Crippen molar-refractivity contribution in [3.8, 4) is 5.75 Å². The van der Waals surface area contributed by atoms with Crippen LogP contribution >= 0.6 is 0 Å². The molecule has 1 aromatic rings. The van der Waals surface area contributed by atoms with E-state index in [0.29, 0.717) is 18.6 Å². The Kier molecular flexibility index (Phi) is 8.49. The van der Waals surface area contributed by atoms with Crippen molar-refractivity contribution in [2.75, 3.05) is 7.11 Å². The molecule has 2 rings (SSSR count). The Hall–Kier alpha value is -1.57. The van der Waals surface area contributed by atoms with E-state index in [9.17, 15) is 4.79 Å². The number of ketones is 1. The number of benzene rings is 1. The maximum atomic E-state index is 10.5. The summed E-state index contributed by atoms with van der Waals surface area (Å²) >= 11 is 0. The van der Waals surface area contributed by atoms with E-state index in [-0.39, 0.29) is 0 Å². The van der Waals surface area contributed by atoms with Gasteiger partial charge in [0.25, 0.3) is 0 Å². The summed E-state index contributed by atoms with van der Waals surface area (Å²) in [7, 11) is 1.73. The highest BCUT2D eigenvalue weighted by Gasteiger charge is 2.08. The van der Waals surface area contributed by atoms with Crippen molar-refractivity contribution >= 4 is 5.78 Å². The number of carbonyl (C=O) groups excluding carboxylic acids is 1. The molecule has 116 valence electrons. The molecule has 0 atom stereocenters. The second-order valence-electron chi connectivity index (χ2n) is 5.41. The monoisotopic (exact) mass is 288 g/mol. The predicted molar refractivity (Wildman–Crippen MR) is 89.0 cm³/mol. The molecule has 0 aromatic heterocycles. The van der Waals surface area contributed by atoms with Crippen LogP contribution in [0, 0.1) is 0 Å². The summed E-state index contributed by atoms with van der Waals surface area (Å²) in [6, 6.07) is 6.49. The number of hydrogen-bond acceptors (Lipinski definition) is 2. The lowest BCUT2D eigenvalue weighted by molar-refractivity contribution is -0.118. The minimum atomic E-state index is 0.324. The summed E-state index contributed by atoms with van der Waals surface area (Å²) < 4.78 is 5.22. The van der Waals surface area contributed by atoms with E-state index < -0.39 is 0 Å². The SMILES string of the molecule is C=CCCC(=O)CC.COc1ccc2c(c1)CCCCC2. The minimum absolute atomic E-state index is 0.324. The van der Waals surface area contributed by atoms with Gasteiger partial charge in [0, 0.05) is 12.8 Å². The fraction of sp³-hybridized carbons (Fsp3) is 0.526. The topological polar surface area (TPSA) is 26.3 Å². The van der Waals surface area contributed by atoms with Crippen LogP contribution in [-0.4, -0.2) is 12.9 Å². The van der Waals surface area contributed by atoms with Crippen molar-refractivity contribution in [2.45, 2.75) is 58.3 Å². The fourth-order valence-electron chi connectivity index (χ4n) is 2.45. The highest BCUT2D eigenvalue weighted by Crippen LogP contribution is 2.24. The van der Waals surface area contributed by atoms with Gasteiger partial charge >= 0.3 is 0 Å². The minimum Gasteiger partial charge on any atom is -0.497 e. The Balaban J connectivity index is 0.000000240. The summed E-state index contributed by atoms with van der Waals surface area (Å²) in [5.41, 5.74) is 3.02. The molecule has 0 spiro atoms. The van der Waals surface area contributed by atoms with Crippen LogP contribution in [0.3, 0.4) is 0 Å². The number of methoxy groups -OCH3 is 1. The summed E-state index contributed by atoms with van der Waals surface area (Å²) in [4.78, 5) is 10.5. The number of ether oxygens (including phenoxy) is 1. The number of allylic oxidation sites excluding steroid dienone is 1. The van der Waals surface area contributed by atoms with Gasteiger partial charge in [0.05, 0.1) is 7.11 Å². The summed E-state index contributed by atoms with van der Waals surface area (Å²) in [6.45, 7) is 5.40. The lowest BCUT2D eigenvalue weighted by atomic mass is 10.0. The van der Waals surface area contributed by atoms with Gasteiger partial charge < -0.3 is 4.74 Å². The number of hydrogen-bond donors (Lipinski definition) is 0. The predicted octanol–water partition coefficient (Wildman–Crippen LogP) is 4.90. The first-order chi connectivity index (χ1) is 10.2. The molecule has 21 heavy (non-hydrogen) atoms. The number of Topliss-reactive ketones (excluding diaryl/α,β-unsaturated/α-hetero) is 1. The molecular weight excluding hydrogens is 260 g/mol. The first-order valence-corrected chi connectivity index (χ1v) is 7.99. The van der Waals surface area contributed by atoms with Gasteiger partial charge in [0.15, 0.2) is 0 Å². The smallest absolute Gasteiger partial charge is 0.132 e. The molecule has 0 heterocycles. The molecule has 0 fully saturated rings. The summed E-state index contributed by atoms with van der Waals surface area (Å²) in [5, 5.41) is 0. The van der Waals surface area contributed by atoms with Gasteiger partial charge in [-0.15, -0.1) is 6.58 Å². The van der Waals surface area contributed by atoms with Crippen molar-refractivity contribution in [1.29, 1.82) is 0 Å². The average molecular weight is 288 g/mol. The highest BCUT2D eigenvalue weighted by atomic mass is 16.5. The number of rotatable bonds is 5. The van der Waals surface area contributed by atoms with E-state index in [0.717, 1.165) is 12.2 Å². The Labute approximate surface area is 129 Å². The van der Waals surface area contributed by atoms with Gasteiger partial charge in [-0.3, -0.25) is 4.79 Å². The molecule has 1 aromatic carbocycles. The quantitative estimate of drug-likeness (QED) is 0.569. The van der Waals surface area contributed by atoms with Gasteiger partial charge in [-0.2, -0.15) is 0 Å². The first kappa shape index (κ1) is 17.5. The third-order valence-electron chi connectivity index (χ3n) is 3.83. The fourth-order valence-corrected chi connectivity index (χ4v) is 2.45. The molecule has 0 unspecified atom stereocenters. The Morgan fingerprint density at radius 3 is 2.57 bits per heavy atom. The summed E-state index contributed by atoms with van der Waals surface area (Å²) in [6.07, 6.45) is 10.5.